The summed E-state index contributed by atoms with van der Waals surface area (Å²) in [5, 5.41) is 3.79. The van der Waals surface area contributed by atoms with Gasteiger partial charge < -0.3 is 5.32 Å². The molecule has 0 aliphatic heterocycles. The molecule has 0 aliphatic carbocycles. The first-order valence-corrected chi connectivity index (χ1v) is 10.7. The van der Waals surface area contributed by atoms with Crippen LogP contribution in [0.1, 0.15) is 25.8 Å². The van der Waals surface area contributed by atoms with Gasteiger partial charge in [-0.15, -0.1) is 0 Å². The molecule has 0 unspecified atom stereocenters. The summed E-state index contributed by atoms with van der Waals surface area (Å²) in [4.78, 5) is 12.4. The average Bonchev–Trinajstić information content (AvgIpc) is 2.63. The molecule has 5 nitrogen and oxygen atoms in total. The zero-order valence-corrected chi connectivity index (χ0v) is 17.5. The third-order valence-corrected chi connectivity index (χ3v) is 6.37. The van der Waals surface area contributed by atoms with E-state index < -0.39 is 10.0 Å². The molecule has 2 rings (SSSR count). The molecule has 1 atom stereocenters. The molecule has 0 spiro atoms. The lowest BCUT2D eigenvalue weighted by molar-refractivity contribution is -0.122. The van der Waals surface area contributed by atoms with Crippen LogP contribution < -0.4 is 5.32 Å². The van der Waals surface area contributed by atoms with E-state index in [1.807, 2.05) is 13.8 Å². The first kappa shape index (κ1) is 21.7. The molecule has 0 saturated carbocycles. The van der Waals surface area contributed by atoms with Crippen molar-refractivity contribution in [2.45, 2.75) is 37.8 Å². The molecule has 0 radical (unpaired) electrons. The van der Waals surface area contributed by atoms with E-state index in [9.17, 15) is 13.2 Å². The van der Waals surface area contributed by atoms with Crippen molar-refractivity contribution >= 4 is 39.1 Å². The Morgan fingerprint density at radius 2 is 1.56 bits per heavy atom. The molecule has 2 aromatic carbocycles. The molecule has 0 saturated heterocycles. The summed E-state index contributed by atoms with van der Waals surface area (Å²) in [5.74, 6) is -0.351. The first-order valence-electron chi connectivity index (χ1n) is 8.52. The average molecular weight is 429 g/mol. The molecule has 0 fully saturated rings. The third kappa shape index (κ3) is 6.21. The molecular formula is C19H22Cl2N2O3S. The highest BCUT2D eigenvalue weighted by atomic mass is 35.5. The van der Waals surface area contributed by atoms with Gasteiger partial charge in [0.1, 0.15) is 0 Å². The van der Waals surface area contributed by atoms with Crippen LogP contribution in [-0.4, -0.2) is 31.2 Å². The Balaban J connectivity index is 2.31. The lowest BCUT2D eigenvalue weighted by atomic mass is 10.2. The van der Waals surface area contributed by atoms with Crippen LogP contribution in [0.25, 0.3) is 0 Å². The van der Waals surface area contributed by atoms with E-state index in [-0.39, 0.29) is 29.9 Å². The number of amides is 1. The van der Waals surface area contributed by atoms with Gasteiger partial charge in [0.15, 0.2) is 0 Å². The third-order valence-electron chi connectivity index (χ3n) is 4.06. The Hall–Kier alpha value is -1.60. The van der Waals surface area contributed by atoms with Gasteiger partial charge in [0, 0.05) is 22.6 Å². The Bertz CT molecular complexity index is 869. The van der Waals surface area contributed by atoms with E-state index in [2.05, 4.69) is 5.32 Å². The normalized spacial score (nSPS) is 12.8. The van der Waals surface area contributed by atoms with Crippen LogP contribution in [0.5, 0.6) is 0 Å². The first-order chi connectivity index (χ1) is 12.7. The summed E-state index contributed by atoms with van der Waals surface area (Å²) >= 11 is 11.8. The van der Waals surface area contributed by atoms with Crippen molar-refractivity contribution in [3.8, 4) is 0 Å². The fraction of sp³-hybridized carbons (Fsp3) is 0.316. The molecule has 0 aliphatic rings. The number of hydrogen-bond donors (Lipinski definition) is 1. The van der Waals surface area contributed by atoms with E-state index in [1.54, 1.807) is 24.3 Å². The van der Waals surface area contributed by atoms with Crippen molar-refractivity contribution in [2.24, 2.45) is 0 Å². The Morgan fingerprint density at radius 3 is 2.07 bits per heavy atom. The minimum Gasteiger partial charge on any atom is -0.353 e. The fourth-order valence-corrected chi connectivity index (χ4v) is 3.99. The molecule has 27 heavy (non-hydrogen) atoms. The summed E-state index contributed by atoms with van der Waals surface area (Å²) in [6.45, 7) is 3.59. The van der Waals surface area contributed by atoms with Crippen molar-refractivity contribution in [1.29, 1.82) is 0 Å². The predicted molar refractivity (Wildman–Crippen MR) is 108 cm³/mol. The minimum absolute atomic E-state index is 0.0342. The van der Waals surface area contributed by atoms with Gasteiger partial charge >= 0.3 is 0 Å². The second kappa shape index (κ2) is 9.55. The summed E-state index contributed by atoms with van der Waals surface area (Å²) in [6, 6.07) is 12.7. The highest BCUT2D eigenvalue weighted by molar-refractivity contribution is 7.89. The van der Waals surface area contributed by atoms with Gasteiger partial charge in [-0.1, -0.05) is 42.3 Å². The predicted octanol–water partition coefficient (Wildman–Crippen LogP) is 4.10. The molecular weight excluding hydrogens is 407 g/mol. The fourth-order valence-electron chi connectivity index (χ4n) is 2.36. The Morgan fingerprint density at radius 1 is 1.04 bits per heavy atom. The van der Waals surface area contributed by atoms with Crippen LogP contribution in [0.4, 0.5) is 0 Å². The number of sulfonamides is 1. The SMILES string of the molecule is CC[C@@H](C)NC(=O)CN(Cc1ccc(Cl)cc1)S(=O)(=O)c1ccc(Cl)cc1. The molecule has 1 amide bonds. The van der Waals surface area contributed by atoms with Crippen molar-refractivity contribution < 1.29 is 13.2 Å². The summed E-state index contributed by atoms with van der Waals surface area (Å²) in [6.07, 6.45) is 0.757. The maximum Gasteiger partial charge on any atom is 0.243 e. The van der Waals surface area contributed by atoms with Gasteiger partial charge in [-0.25, -0.2) is 8.42 Å². The number of rotatable bonds is 8. The van der Waals surface area contributed by atoms with Gasteiger partial charge in [-0.3, -0.25) is 4.79 Å². The molecule has 2 aromatic rings. The van der Waals surface area contributed by atoms with Crippen molar-refractivity contribution in [2.75, 3.05) is 6.54 Å². The number of carbonyl (C=O) groups excluding carboxylic acids is 1. The van der Waals surface area contributed by atoms with Crippen LogP contribution in [0.3, 0.4) is 0 Å². The van der Waals surface area contributed by atoms with Crippen molar-refractivity contribution in [1.82, 2.24) is 9.62 Å². The van der Waals surface area contributed by atoms with Crippen LogP contribution in [0, 0.1) is 0 Å². The highest BCUT2D eigenvalue weighted by Gasteiger charge is 2.27. The summed E-state index contributed by atoms with van der Waals surface area (Å²) in [5.41, 5.74) is 0.730. The second-order valence-corrected chi connectivity index (χ2v) is 9.04. The van der Waals surface area contributed by atoms with Crippen LogP contribution in [-0.2, 0) is 21.4 Å². The Labute approximate surface area is 170 Å². The molecule has 146 valence electrons. The van der Waals surface area contributed by atoms with E-state index in [1.165, 1.54) is 24.3 Å². The van der Waals surface area contributed by atoms with Crippen LogP contribution >= 0.6 is 23.2 Å². The van der Waals surface area contributed by atoms with Gasteiger partial charge in [0.05, 0.1) is 11.4 Å². The quantitative estimate of drug-likeness (QED) is 0.687. The van der Waals surface area contributed by atoms with Crippen molar-refractivity contribution in [3.63, 3.8) is 0 Å². The molecule has 0 aromatic heterocycles. The number of nitrogens with zero attached hydrogens (tertiary/aromatic N) is 1. The topological polar surface area (TPSA) is 66.5 Å². The van der Waals surface area contributed by atoms with Gasteiger partial charge in [0.2, 0.25) is 15.9 Å². The van der Waals surface area contributed by atoms with E-state index in [4.69, 9.17) is 23.2 Å². The lowest BCUT2D eigenvalue weighted by Gasteiger charge is -2.23. The van der Waals surface area contributed by atoms with Crippen LogP contribution in [0.15, 0.2) is 53.4 Å². The number of carbonyl (C=O) groups is 1. The number of halogens is 2. The standard InChI is InChI=1S/C19H22Cl2N2O3S/c1-3-14(2)22-19(24)13-23(12-15-4-6-16(20)7-5-15)27(25,26)18-10-8-17(21)9-11-18/h4-11,14H,3,12-13H2,1-2H3,(H,22,24)/t14-/m1/s1. The lowest BCUT2D eigenvalue weighted by Crippen LogP contribution is -2.43. The van der Waals surface area contributed by atoms with E-state index >= 15 is 0 Å². The second-order valence-electron chi connectivity index (χ2n) is 6.23. The maximum absolute atomic E-state index is 13.1. The number of benzene rings is 2. The van der Waals surface area contributed by atoms with Gasteiger partial charge in [0.25, 0.3) is 0 Å². The smallest absolute Gasteiger partial charge is 0.243 e. The van der Waals surface area contributed by atoms with Crippen LogP contribution in [0.2, 0.25) is 10.0 Å². The minimum atomic E-state index is -3.88. The van der Waals surface area contributed by atoms with Crippen molar-refractivity contribution in [3.05, 3.63) is 64.1 Å². The summed E-state index contributed by atoms with van der Waals surface area (Å²) < 4.78 is 27.3. The zero-order chi connectivity index (χ0) is 20.0. The summed E-state index contributed by atoms with van der Waals surface area (Å²) in [7, 11) is -3.88. The monoisotopic (exact) mass is 428 g/mol. The molecule has 0 bridgehead atoms. The largest absolute Gasteiger partial charge is 0.353 e. The number of nitrogens with one attached hydrogen (secondary N) is 1. The van der Waals surface area contributed by atoms with E-state index in [0.717, 1.165) is 16.3 Å². The number of hydrogen-bond acceptors (Lipinski definition) is 3. The molecule has 0 heterocycles. The highest BCUT2D eigenvalue weighted by Crippen LogP contribution is 2.21. The Kier molecular flexibility index (Phi) is 7.68. The molecule has 1 N–H and O–H groups in total. The maximum atomic E-state index is 13.1. The van der Waals surface area contributed by atoms with E-state index in [0.29, 0.717) is 10.0 Å². The van der Waals surface area contributed by atoms with Gasteiger partial charge in [-0.2, -0.15) is 4.31 Å². The van der Waals surface area contributed by atoms with Gasteiger partial charge in [-0.05, 0) is 55.3 Å². The molecule has 8 heteroatoms. The zero-order valence-electron chi connectivity index (χ0n) is 15.2.